The van der Waals surface area contributed by atoms with Gasteiger partial charge in [0.15, 0.2) is 0 Å². The monoisotopic (exact) mass is 176 g/mol. The SMILES string of the molecule is CC(=O)Oc1sccc1Cl. The van der Waals surface area contributed by atoms with Gasteiger partial charge in [-0.1, -0.05) is 11.6 Å². The van der Waals surface area contributed by atoms with E-state index in [0.717, 1.165) is 0 Å². The second-order valence-electron chi connectivity index (χ2n) is 1.65. The van der Waals surface area contributed by atoms with Gasteiger partial charge in [-0.15, -0.1) is 11.3 Å². The summed E-state index contributed by atoms with van der Waals surface area (Å²) in [6.07, 6.45) is 0. The molecule has 10 heavy (non-hydrogen) atoms. The Morgan fingerprint density at radius 1 is 1.80 bits per heavy atom. The van der Waals surface area contributed by atoms with E-state index in [0.29, 0.717) is 10.1 Å². The highest BCUT2D eigenvalue weighted by Crippen LogP contribution is 2.30. The van der Waals surface area contributed by atoms with E-state index >= 15 is 0 Å². The van der Waals surface area contributed by atoms with Crippen molar-refractivity contribution in [3.63, 3.8) is 0 Å². The van der Waals surface area contributed by atoms with Gasteiger partial charge in [-0.25, -0.2) is 0 Å². The minimum absolute atomic E-state index is 0.343. The fraction of sp³-hybridized carbons (Fsp3) is 0.167. The van der Waals surface area contributed by atoms with Crippen LogP contribution in [0.25, 0.3) is 0 Å². The first-order valence-electron chi connectivity index (χ1n) is 2.61. The van der Waals surface area contributed by atoms with Gasteiger partial charge in [0.1, 0.15) is 0 Å². The second kappa shape index (κ2) is 3.03. The van der Waals surface area contributed by atoms with Crippen LogP contribution in [-0.4, -0.2) is 5.97 Å². The van der Waals surface area contributed by atoms with Crippen molar-refractivity contribution in [2.45, 2.75) is 6.92 Å². The molecule has 0 unspecified atom stereocenters. The number of carbonyl (C=O) groups excluding carboxylic acids is 1. The summed E-state index contributed by atoms with van der Waals surface area (Å²) in [5.74, 6) is -0.343. The molecular weight excluding hydrogens is 172 g/mol. The van der Waals surface area contributed by atoms with Gasteiger partial charge < -0.3 is 4.74 Å². The van der Waals surface area contributed by atoms with Crippen LogP contribution in [0.15, 0.2) is 11.4 Å². The second-order valence-corrected chi connectivity index (χ2v) is 2.94. The van der Waals surface area contributed by atoms with Crippen molar-refractivity contribution < 1.29 is 9.53 Å². The third-order valence-corrected chi connectivity index (χ3v) is 2.02. The quantitative estimate of drug-likeness (QED) is 0.614. The summed E-state index contributed by atoms with van der Waals surface area (Å²) in [7, 11) is 0. The molecule has 0 aliphatic heterocycles. The number of thiophene rings is 1. The summed E-state index contributed by atoms with van der Waals surface area (Å²) in [6.45, 7) is 1.34. The molecule has 1 aromatic heterocycles. The van der Waals surface area contributed by atoms with Crippen LogP contribution in [0.1, 0.15) is 6.92 Å². The summed E-state index contributed by atoms with van der Waals surface area (Å²) in [5.41, 5.74) is 0. The first kappa shape index (κ1) is 7.57. The normalized spacial score (nSPS) is 9.40. The fourth-order valence-electron chi connectivity index (χ4n) is 0.483. The Balaban J connectivity index is 2.74. The van der Waals surface area contributed by atoms with E-state index in [4.69, 9.17) is 16.3 Å². The van der Waals surface area contributed by atoms with E-state index < -0.39 is 0 Å². The van der Waals surface area contributed by atoms with Crippen LogP contribution in [0, 0.1) is 0 Å². The van der Waals surface area contributed by atoms with Gasteiger partial charge in [0.05, 0.1) is 5.02 Å². The molecular formula is C6H5ClO2S. The zero-order valence-electron chi connectivity index (χ0n) is 5.26. The van der Waals surface area contributed by atoms with Gasteiger partial charge >= 0.3 is 5.97 Å². The van der Waals surface area contributed by atoms with Crippen molar-refractivity contribution in [3.8, 4) is 5.06 Å². The zero-order chi connectivity index (χ0) is 7.56. The summed E-state index contributed by atoms with van der Waals surface area (Å²) in [5, 5.41) is 2.72. The number of ether oxygens (including phenoxy) is 1. The number of hydrogen-bond donors (Lipinski definition) is 0. The standard InChI is InChI=1S/C6H5ClO2S/c1-4(8)9-6-5(7)2-3-10-6/h2-3H,1H3. The summed E-state index contributed by atoms with van der Waals surface area (Å²) in [6, 6.07) is 1.69. The Morgan fingerprint density at radius 3 is 2.90 bits per heavy atom. The van der Waals surface area contributed by atoms with Gasteiger partial charge in [-0.05, 0) is 11.4 Å². The van der Waals surface area contributed by atoms with Crippen molar-refractivity contribution in [1.29, 1.82) is 0 Å². The number of halogens is 1. The Kier molecular flexibility index (Phi) is 2.29. The van der Waals surface area contributed by atoms with Crippen LogP contribution in [0.3, 0.4) is 0 Å². The van der Waals surface area contributed by atoms with E-state index in [1.165, 1.54) is 18.3 Å². The average Bonchev–Trinajstić information content (AvgIpc) is 2.15. The van der Waals surface area contributed by atoms with Crippen LogP contribution >= 0.6 is 22.9 Å². The molecule has 0 bridgehead atoms. The molecule has 0 amide bonds. The van der Waals surface area contributed by atoms with Crippen LogP contribution in [0.2, 0.25) is 5.02 Å². The van der Waals surface area contributed by atoms with Gasteiger partial charge in [0, 0.05) is 6.92 Å². The largest absolute Gasteiger partial charge is 0.414 e. The number of hydrogen-bond acceptors (Lipinski definition) is 3. The Bertz CT molecular complexity index is 244. The molecule has 0 fully saturated rings. The molecule has 0 radical (unpaired) electrons. The lowest BCUT2D eigenvalue weighted by Gasteiger charge is -1.94. The predicted octanol–water partition coefficient (Wildman–Crippen LogP) is 2.33. The fourth-order valence-corrected chi connectivity index (χ4v) is 1.47. The predicted molar refractivity (Wildman–Crippen MR) is 40.6 cm³/mol. The number of carbonyl (C=O) groups is 1. The first-order chi connectivity index (χ1) is 4.70. The summed E-state index contributed by atoms with van der Waals surface area (Å²) in [4.78, 5) is 10.4. The number of esters is 1. The molecule has 0 saturated carbocycles. The molecule has 0 N–H and O–H groups in total. The molecule has 0 aliphatic carbocycles. The lowest BCUT2D eigenvalue weighted by molar-refractivity contribution is -0.131. The Morgan fingerprint density at radius 2 is 2.50 bits per heavy atom. The maximum atomic E-state index is 10.4. The summed E-state index contributed by atoms with van der Waals surface area (Å²) < 4.78 is 4.73. The van der Waals surface area contributed by atoms with E-state index in [2.05, 4.69) is 0 Å². The number of rotatable bonds is 1. The van der Waals surface area contributed by atoms with Crippen LogP contribution in [-0.2, 0) is 4.79 Å². The van der Waals surface area contributed by atoms with Crippen molar-refractivity contribution in [2.75, 3.05) is 0 Å². The zero-order valence-corrected chi connectivity index (χ0v) is 6.83. The highest BCUT2D eigenvalue weighted by Gasteiger charge is 2.03. The molecule has 1 aromatic rings. The van der Waals surface area contributed by atoms with Crippen LogP contribution < -0.4 is 4.74 Å². The molecule has 54 valence electrons. The van der Waals surface area contributed by atoms with Crippen molar-refractivity contribution in [3.05, 3.63) is 16.5 Å². The molecule has 1 rings (SSSR count). The van der Waals surface area contributed by atoms with Gasteiger partial charge in [-0.2, -0.15) is 0 Å². The van der Waals surface area contributed by atoms with E-state index in [1.54, 1.807) is 11.4 Å². The summed E-state index contributed by atoms with van der Waals surface area (Å²) >= 11 is 6.92. The minimum atomic E-state index is -0.343. The maximum absolute atomic E-state index is 10.4. The lowest BCUT2D eigenvalue weighted by atomic mass is 10.6. The first-order valence-corrected chi connectivity index (χ1v) is 3.87. The van der Waals surface area contributed by atoms with Crippen molar-refractivity contribution >= 4 is 28.9 Å². The molecule has 0 aromatic carbocycles. The van der Waals surface area contributed by atoms with Crippen LogP contribution in [0.5, 0.6) is 5.06 Å². The highest BCUT2D eigenvalue weighted by molar-refractivity contribution is 7.12. The van der Waals surface area contributed by atoms with Gasteiger partial charge in [0.2, 0.25) is 5.06 Å². The molecule has 2 nitrogen and oxygen atoms in total. The van der Waals surface area contributed by atoms with Crippen molar-refractivity contribution in [1.82, 2.24) is 0 Å². The van der Waals surface area contributed by atoms with Crippen molar-refractivity contribution in [2.24, 2.45) is 0 Å². The third kappa shape index (κ3) is 1.72. The van der Waals surface area contributed by atoms with Gasteiger partial charge in [-0.3, -0.25) is 4.79 Å². The lowest BCUT2D eigenvalue weighted by Crippen LogP contribution is -1.99. The van der Waals surface area contributed by atoms with Gasteiger partial charge in [0.25, 0.3) is 0 Å². The van der Waals surface area contributed by atoms with E-state index in [9.17, 15) is 4.79 Å². The molecule has 0 saturated heterocycles. The maximum Gasteiger partial charge on any atom is 0.308 e. The van der Waals surface area contributed by atoms with E-state index in [-0.39, 0.29) is 5.97 Å². The average molecular weight is 177 g/mol. The smallest absolute Gasteiger partial charge is 0.308 e. The molecule has 1 heterocycles. The van der Waals surface area contributed by atoms with Crippen LogP contribution in [0.4, 0.5) is 0 Å². The minimum Gasteiger partial charge on any atom is -0.414 e. The Labute approximate surface area is 67.4 Å². The molecule has 0 spiro atoms. The molecule has 0 aliphatic rings. The molecule has 0 atom stereocenters. The van der Waals surface area contributed by atoms with E-state index in [1.807, 2.05) is 0 Å². The highest BCUT2D eigenvalue weighted by atomic mass is 35.5. The Hall–Kier alpha value is -0.540. The topological polar surface area (TPSA) is 26.3 Å². The molecule has 4 heteroatoms. The third-order valence-electron chi connectivity index (χ3n) is 0.821.